The van der Waals surface area contributed by atoms with Crippen LogP contribution >= 0.6 is 50.9 Å². The fourth-order valence-electron chi connectivity index (χ4n) is 2.04. The number of anilines is 1. The highest BCUT2D eigenvalue weighted by molar-refractivity contribution is 9.10. The third kappa shape index (κ3) is 3.48. The van der Waals surface area contributed by atoms with Gasteiger partial charge in [-0.25, -0.2) is 4.90 Å². The largest absolute Gasteiger partial charge is 0.298 e. The summed E-state index contributed by atoms with van der Waals surface area (Å²) in [5.41, 5.74) is 1.17. The van der Waals surface area contributed by atoms with Gasteiger partial charge in [-0.2, -0.15) is 0 Å². The highest BCUT2D eigenvalue weighted by Gasteiger charge is 2.36. The van der Waals surface area contributed by atoms with Crippen molar-refractivity contribution >= 4 is 73.8 Å². The van der Waals surface area contributed by atoms with Gasteiger partial charge >= 0.3 is 0 Å². The fourth-order valence-corrected chi connectivity index (χ4v) is 3.60. The van der Waals surface area contributed by atoms with Crippen LogP contribution in [0.2, 0.25) is 10.0 Å². The lowest BCUT2D eigenvalue weighted by atomic mass is 10.2. The summed E-state index contributed by atoms with van der Waals surface area (Å²) in [6.07, 6.45) is 1.60. The quantitative estimate of drug-likeness (QED) is 0.550. The summed E-state index contributed by atoms with van der Waals surface area (Å²) in [6, 6.07) is 11.9. The Morgan fingerprint density at radius 2 is 1.74 bits per heavy atom. The first-order valence-electron chi connectivity index (χ1n) is 6.44. The second-order valence-electron chi connectivity index (χ2n) is 4.66. The lowest BCUT2D eigenvalue weighted by Crippen LogP contribution is -2.27. The van der Waals surface area contributed by atoms with Gasteiger partial charge in [0.25, 0.3) is 11.1 Å². The molecule has 0 spiro atoms. The van der Waals surface area contributed by atoms with Crippen LogP contribution in [0.3, 0.4) is 0 Å². The van der Waals surface area contributed by atoms with Crippen LogP contribution in [0.4, 0.5) is 10.5 Å². The SMILES string of the molecule is O=C1S/C(=C\c2ccc(Cl)cc2Cl)C(=O)N1c1ccc(Br)cc1. The number of rotatable bonds is 2. The number of halogens is 3. The van der Waals surface area contributed by atoms with E-state index < -0.39 is 0 Å². The van der Waals surface area contributed by atoms with Crippen LogP contribution in [0.25, 0.3) is 6.08 Å². The number of benzene rings is 2. The number of nitrogens with zero attached hydrogens (tertiary/aromatic N) is 1. The maximum atomic E-state index is 12.5. The summed E-state index contributed by atoms with van der Waals surface area (Å²) in [5, 5.41) is 0.594. The Hall–Kier alpha value is -1.27. The van der Waals surface area contributed by atoms with Crippen LogP contribution in [0.1, 0.15) is 5.56 Å². The maximum Gasteiger partial charge on any atom is 0.298 e. The summed E-state index contributed by atoms with van der Waals surface area (Å²) >= 11 is 16.2. The average molecular weight is 429 g/mol. The number of amides is 2. The minimum Gasteiger partial charge on any atom is -0.268 e. The molecule has 1 aliphatic heterocycles. The molecule has 3 nitrogen and oxygen atoms in total. The number of carbonyl (C=O) groups excluding carboxylic acids is 2. The van der Waals surface area contributed by atoms with Crippen molar-refractivity contribution in [1.29, 1.82) is 0 Å². The molecule has 1 heterocycles. The average Bonchev–Trinajstić information content (AvgIpc) is 2.78. The van der Waals surface area contributed by atoms with Crippen molar-refractivity contribution in [1.82, 2.24) is 0 Å². The molecule has 0 aliphatic carbocycles. The van der Waals surface area contributed by atoms with Crippen molar-refractivity contribution in [3.63, 3.8) is 0 Å². The fraction of sp³-hybridized carbons (Fsp3) is 0. The molecule has 0 saturated carbocycles. The van der Waals surface area contributed by atoms with Crippen LogP contribution in [-0.2, 0) is 4.79 Å². The molecule has 1 saturated heterocycles. The van der Waals surface area contributed by atoms with Gasteiger partial charge in [0, 0.05) is 14.5 Å². The smallest absolute Gasteiger partial charge is 0.268 e. The molecule has 0 unspecified atom stereocenters. The normalized spacial score (nSPS) is 16.5. The van der Waals surface area contributed by atoms with Crippen molar-refractivity contribution in [3.8, 4) is 0 Å². The zero-order valence-corrected chi connectivity index (χ0v) is 15.3. The molecule has 0 aromatic heterocycles. The molecule has 1 aliphatic rings. The van der Waals surface area contributed by atoms with E-state index in [4.69, 9.17) is 23.2 Å². The van der Waals surface area contributed by atoms with Gasteiger partial charge in [0.15, 0.2) is 0 Å². The third-order valence-electron chi connectivity index (χ3n) is 3.13. The van der Waals surface area contributed by atoms with E-state index >= 15 is 0 Å². The Morgan fingerprint density at radius 3 is 2.39 bits per heavy atom. The zero-order chi connectivity index (χ0) is 16.6. The first-order valence-corrected chi connectivity index (χ1v) is 8.81. The van der Waals surface area contributed by atoms with Crippen LogP contribution in [0.15, 0.2) is 51.8 Å². The van der Waals surface area contributed by atoms with E-state index in [-0.39, 0.29) is 11.1 Å². The summed E-state index contributed by atoms with van der Waals surface area (Å²) in [5.74, 6) is -0.367. The third-order valence-corrected chi connectivity index (χ3v) is 5.09. The van der Waals surface area contributed by atoms with E-state index in [0.717, 1.165) is 21.1 Å². The first-order chi connectivity index (χ1) is 11.0. The van der Waals surface area contributed by atoms with E-state index in [1.54, 1.807) is 48.5 Å². The number of hydrogen-bond acceptors (Lipinski definition) is 3. The minimum absolute atomic E-state index is 0.321. The molecule has 2 aromatic carbocycles. The van der Waals surface area contributed by atoms with E-state index in [9.17, 15) is 9.59 Å². The first kappa shape index (κ1) is 16.6. The number of carbonyl (C=O) groups is 2. The monoisotopic (exact) mass is 427 g/mol. The second-order valence-corrected chi connectivity index (χ2v) is 7.41. The molecule has 0 radical (unpaired) electrons. The molecule has 23 heavy (non-hydrogen) atoms. The molecule has 0 N–H and O–H groups in total. The Kier molecular flexibility index (Phi) is 4.82. The van der Waals surface area contributed by atoms with Crippen LogP contribution in [0, 0.1) is 0 Å². The summed E-state index contributed by atoms with van der Waals surface area (Å²) in [6.45, 7) is 0. The summed E-state index contributed by atoms with van der Waals surface area (Å²) < 4.78 is 0.872. The van der Waals surface area contributed by atoms with E-state index in [1.807, 2.05) is 0 Å². The predicted octanol–water partition coefficient (Wildman–Crippen LogP) is 6.00. The predicted molar refractivity (Wildman–Crippen MR) is 99.1 cm³/mol. The van der Waals surface area contributed by atoms with Gasteiger partial charge in [0.05, 0.1) is 10.6 Å². The Labute approximate surface area is 155 Å². The molecular formula is C16H8BrCl2NO2S. The van der Waals surface area contributed by atoms with Crippen molar-refractivity contribution in [3.05, 3.63) is 67.5 Å². The molecule has 116 valence electrons. The van der Waals surface area contributed by atoms with Crippen molar-refractivity contribution < 1.29 is 9.59 Å². The Bertz CT molecular complexity index is 836. The molecule has 2 aromatic rings. The lowest BCUT2D eigenvalue weighted by molar-refractivity contribution is -0.113. The van der Waals surface area contributed by atoms with Gasteiger partial charge in [-0.3, -0.25) is 9.59 Å². The Balaban J connectivity index is 1.94. The van der Waals surface area contributed by atoms with Crippen molar-refractivity contribution in [2.75, 3.05) is 4.90 Å². The number of imide groups is 1. The second kappa shape index (κ2) is 6.69. The van der Waals surface area contributed by atoms with Gasteiger partial charge in [0.1, 0.15) is 0 Å². The standard InChI is InChI=1S/C16H8BrCl2NO2S/c17-10-2-5-12(6-3-10)20-15(21)14(23-16(20)22)7-9-1-4-11(18)8-13(9)19/h1-8H/b14-7-. The minimum atomic E-state index is -0.367. The Morgan fingerprint density at radius 1 is 1.04 bits per heavy atom. The summed E-state index contributed by atoms with van der Waals surface area (Å²) in [4.78, 5) is 26.2. The molecule has 0 atom stereocenters. The van der Waals surface area contributed by atoms with E-state index in [1.165, 1.54) is 0 Å². The topological polar surface area (TPSA) is 37.4 Å². The lowest BCUT2D eigenvalue weighted by Gasteiger charge is -2.12. The van der Waals surface area contributed by atoms with Gasteiger partial charge in [0.2, 0.25) is 0 Å². The zero-order valence-electron chi connectivity index (χ0n) is 11.4. The van der Waals surface area contributed by atoms with Crippen molar-refractivity contribution in [2.24, 2.45) is 0 Å². The summed E-state index contributed by atoms with van der Waals surface area (Å²) in [7, 11) is 0. The van der Waals surface area contributed by atoms with Crippen LogP contribution in [-0.4, -0.2) is 11.1 Å². The molecule has 2 amide bonds. The van der Waals surface area contributed by atoms with Crippen LogP contribution in [0.5, 0.6) is 0 Å². The highest BCUT2D eigenvalue weighted by atomic mass is 79.9. The number of thioether (sulfide) groups is 1. The maximum absolute atomic E-state index is 12.5. The van der Waals surface area contributed by atoms with E-state index in [0.29, 0.717) is 26.2 Å². The molecule has 3 rings (SSSR count). The van der Waals surface area contributed by atoms with Gasteiger partial charge in [-0.15, -0.1) is 0 Å². The van der Waals surface area contributed by atoms with Gasteiger partial charge < -0.3 is 0 Å². The molecule has 7 heteroatoms. The van der Waals surface area contributed by atoms with E-state index in [2.05, 4.69) is 15.9 Å². The van der Waals surface area contributed by atoms with Gasteiger partial charge in [-0.05, 0) is 59.8 Å². The molecule has 0 bridgehead atoms. The highest BCUT2D eigenvalue weighted by Crippen LogP contribution is 2.37. The van der Waals surface area contributed by atoms with Crippen LogP contribution < -0.4 is 4.90 Å². The number of hydrogen-bond donors (Lipinski definition) is 0. The van der Waals surface area contributed by atoms with Gasteiger partial charge in [-0.1, -0.05) is 45.2 Å². The molecular weight excluding hydrogens is 421 g/mol. The molecule has 1 fully saturated rings. The van der Waals surface area contributed by atoms with Crippen molar-refractivity contribution in [2.45, 2.75) is 0 Å².